The van der Waals surface area contributed by atoms with Gasteiger partial charge in [-0.05, 0) is 49.4 Å². The predicted molar refractivity (Wildman–Crippen MR) is 116 cm³/mol. The number of fused-ring (bicyclic) bond motifs is 1. The molecule has 4 rings (SSSR count). The van der Waals surface area contributed by atoms with Gasteiger partial charge in [-0.3, -0.25) is 4.79 Å². The molecule has 29 heavy (non-hydrogen) atoms. The van der Waals surface area contributed by atoms with Crippen molar-refractivity contribution >= 4 is 39.0 Å². The van der Waals surface area contributed by atoms with Gasteiger partial charge < -0.3 is 13.7 Å². The maximum Gasteiger partial charge on any atom is 0.307 e. The molecule has 0 atom stereocenters. The van der Waals surface area contributed by atoms with Crippen LogP contribution in [0, 0.1) is 6.92 Å². The molecule has 0 unspecified atom stereocenters. The lowest BCUT2D eigenvalue weighted by Gasteiger charge is -2.08. The summed E-state index contributed by atoms with van der Waals surface area (Å²) in [5, 5.41) is 4.86. The summed E-state index contributed by atoms with van der Waals surface area (Å²) in [6, 6.07) is 19.2. The van der Waals surface area contributed by atoms with Crippen LogP contribution in [0.5, 0.6) is 5.75 Å². The van der Waals surface area contributed by atoms with E-state index in [9.17, 15) is 4.79 Å². The fourth-order valence-corrected chi connectivity index (χ4v) is 3.61. The number of hydrogen-bond acceptors (Lipinski definition) is 4. The Morgan fingerprint density at radius 3 is 2.72 bits per heavy atom. The van der Waals surface area contributed by atoms with E-state index in [0.717, 1.165) is 26.9 Å². The lowest BCUT2D eigenvalue weighted by molar-refractivity contribution is 0.0929. The highest BCUT2D eigenvalue weighted by Crippen LogP contribution is 2.32. The number of hydrazone groups is 1. The van der Waals surface area contributed by atoms with E-state index >= 15 is 0 Å². The molecule has 0 bridgehead atoms. The molecule has 7 heteroatoms. The molecule has 0 aliphatic heterocycles. The van der Waals surface area contributed by atoms with Crippen molar-refractivity contribution in [1.29, 1.82) is 0 Å². The minimum Gasteiger partial charge on any atom is -0.493 e. The summed E-state index contributed by atoms with van der Waals surface area (Å²) in [6.07, 6.45) is 1.61. The van der Waals surface area contributed by atoms with Crippen molar-refractivity contribution in [2.24, 2.45) is 5.10 Å². The van der Waals surface area contributed by atoms with Gasteiger partial charge in [0.15, 0.2) is 17.1 Å². The molecule has 0 spiro atoms. The molecule has 6 nitrogen and oxygen atoms in total. The van der Waals surface area contributed by atoms with Crippen LogP contribution in [0.3, 0.4) is 0 Å². The van der Waals surface area contributed by atoms with Crippen molar-refractivity contribution in [2.45, 2.75) is 6.92 Å². The highest BCUT2D eigenvalue weighted by atomic mass is 79.9. The van der Waals surface area contributed by atoms with Crippen molar-refractivity contribution in [1.82, 2.24) is 9.99 Å². The number of furan rings is 1. The van der Waals surface area contributed by atoms with Crippen molar-refractivity contribution < 1.29 is 13.9 Å². The largest absolute Gasteiger partial charge is 0.493 e. The zero-order valence-electron chi connectivity index (χ0n) is 15.8. The number of carbonyl (C=O) groups is 1. The summed E-state index contributed by atoms with van der Waals surface area (Å²) in [7, 11) is 1.55. The van der Waals surface area contributed by atoms with Gasteiger partial charge in [-0.25, -0.2) is 5.43 Å². The number of rotatable bonds is 5. The number of carbonyl (C=O) groups excluding carboxylic acids is 1. The Kier molecular flexibility index (Phi) is 5.22. The minimum absolute atomic E-state index is 0.156. The molecule has 0 aliphatic carbocycles. The average molecular weight is 452 g/mol. The van der Waals surface area contributed by atoms with Gasteiger partial charge in [0.25, 0.3) is 0 Å². The van der Waals surface area contributed by atoms with Gasteiger partial charge in [0.1, 0.15) is 0 Å². The van der Waals surface area contributed by atoms with Crippen LogP contribution < -0.4 is 10.2 Å². The number of nitrogens with one attached hydrogen (secondary N) is 1. The number of benzene rings is 2. The second-order valence-corrected chi connectivity index (χ2v) is 7.32. The number of aryl methyl sites for hydroxylation is 1. The van der Waals surface area contributed by atoms with Crippen molar-refractivity contribution in [3.05, 3.63) is 82.3 Å². The summed E-state index contributed by atoms with van der Waals surface area (Å²) in [4.78, 5) is 12.5. The van der Waals surface area contributed by atoms with Crippen LogP contribution in [0.4, 0.5) is 0 Å². The maximum atomic E-state index is 12.5. The van der Waals surface area contributed by atoms with Gasteiger partial charge in [0.05, 0.1) is 19.0 Å². The maximum absolute atomic E-state index is 12.5. The number of para-hydroxylation sites is 1. The Morgan fingerprint density at radius 2 is 1.97 bits per heavy atom. The van der Waals surface area contributed by atoms with Crippen LogP contribution in [-0.4, -0.2) is 23.8 Å². The third-order valence-electron chi connectivity index (χ3n) is 4.47. The Bertz CT molecular complexity index is 1210. The minimum atomic E-state index is -0.440. The van der Waals surface area contributed by atoms with Crippen LogP contribution in [-0.2, 0) is 0 Å². The number of methoxy groups -OCH3 is 1. The molecule has 0 aliphatic rings. The Balaban J connectivity index is 1.55. The zero-order valence-corrected chi connectivity index (χ0v) is 17.4. The molecule has 1 N–H and O–H groups in total. The van der Waals surface area contributed by atoms with Gasteiger partial charge in [-0.15, -0.1) is 0 Å². The van der Waals surface area contributed by atoms with Gasteiger partial charge in [0, 0.05) is 21.2 Å². The van der Waals surface area contributed by atoms with Gasteiger partial charge in [-0.2, -0.15) is 5.10 Å². The number of hydrogen-bond donors (Lipinski definition) is 1. The van der Waals surface area contributed by atoms with Crippen LogP contribution in [0.1, 0.15) is 21.9 Å². The Morgan fingerprint density at radius 1 is 1.17 bits per heavy atom. The molecule has 1 amide bonds. The zero-order chi connectivity index (χ0) is 20.4. The third kappa shape index (κ3) is 3.82. The van der Waals surface area contributed by atoms with Crippen molar-refractivity contribution in [3.8, 4) is 11.4 Å². The summed E-state index contributed by atoms with van der Waals surface area (Å²) in [6.45, 7) is 2.02. The molecule has 146 valence electrons. The molecule has 2 aromatic carbocycles. The first-order valence-electron chi connectivity index (χ1n) is 8.91. The average Bonchev–Trinajstić information content (AvgIpc) is 3.31. The molecule has 4 aromatic rings. The van der Waals surface area contributed by atoms with E-state index in [1.54, 1.807) is 25.5 Å². The molecule has 2 heterocycles. The van der Waals surface area contributed by atoms with E-state index in [1.165, 1.54) is 0 Å². The highest BCUT2D eigenvalue weighted by molar-refractivity contribution is 9.10. The summed E-state index contributed by atoms with van der Waals surface area (Å²) < 4.78 is 13.9. The molecular formula is C22H18BrN3O3. The van der Waals surface area contributed by atoms with Crippen LogP contribution in [0.2, 0.25) is 0 Å². The van der Waals surface area contributed by atoms with Crippen molar-refractivity contribution in [3.63, 3.8) is 0 Å². The van der Waals surface area contributed by atoms with Crippen LogP contribution >= 0.6 is 15.9 Å². The summed E-state index contributed by atoms with van der Waals surface area (Å²) in [5.74, 6) is 0.265. The fraction of sp³-hybridized carbons (Fsp3) is 0.0909. The molecule has 0 saturated carbocycles. The number of amides is 1. The lowest BCUT2D eigenvalue weighted by atomic mass is 10.2. The second kappa shape index (κ2) is 7.97. The topological polar surface area (TPSA) is 68.8 Å². The third-order valence-corrected chi connectivity index (χ3v) is 4.93. The van der Waals surface area contributed by atoms with Gasteiger partial charge in [0.2, 0.25) is 0 Å². The quantitative estimate of drug-likeness (QED) is 0.340. The first-order chi connectivity index (χ1) is 14.1. The normalized spacial score (nSPS) is 11.3. The molecule has 2 aromatic heterocycles. The molecule has 0 radical (unpaired) electrons. The van der Waals surface area contributed by atoms with E-state index in [0.29, 0.717) is 11.3 Å². The van der Waals surface area contributed by atoms with E-state index in [-0.39, 0.29) is 5.76 Å². The monoisotopic (exact) mass is 451 g/mol. The summed E-state index contributed by atoms with van der Waals surface area (Å²) in [5.41, 5.74) is 5.98. The summed E-state index contributed by atoms with van der Waals surface area (Å²) >= 11 is 3.42. The molecule has 0 saturated heterocycles. The molecular weight excluding hydrogens is 434 g/mol. The lowest BCUT2D eigenvalue weighted by Crippen LogP contribution is -2.17. The van der Waals surface area contributed by atoms with E-state index in [4.69, 9.17) is 9.15 Å². The first-order valence-corrected chi connectivity index (χ1v) is 9.70. The number of aromatic nitrogens is 1. The predicted octanol–water partition coefficient (Wildman–Crippen LogP) is 5.07. The fourth-order valence-electron chi connectivity index (χ4n) is 3.15. The van der Waals surface area contributed by atoms with E-state index < -0.39 is 5.91 Å². The highest BCUT2D eigenvalue weighted by Gasteiger charge is 2.15. The van der Waals surface area contributed by atoms with Crippen molar-refractivity contribution in [2.75, 3.05) is 7.11 Å². The molecule has 0 fully saturated rings. The number of nitrogens with zero attached hydrogens (tertiary/aromatic N) is 2. The van der Waals surface area contributed by atoms with E-state index in [1.807, 2.05) is 55.5 Å². The number of ether oxygens (including phenoxy) is 1. The first kappa shape index (κ1) is 19.0. The standard InChI is InChI=1S/C22H18BrN3O3/c1-14-8-9-18(26(14)17-6-4-3-5-7-17)13-24-25-22(27)20-11-15-10-16(23)12-19(28-2)21(15)29-20/h3-13H,1-2H3,(H,25,27)/b24-13+. The van der Waals surface area contributed by atoms with Gasteiger partial charge in [-0.1, -0.05) is 34.1 Å². The van der Waals surface area contributed by atoms with Crippen LogP contribution in [0.25, 0.3) is 16.7 Å². The van der Waals surface area contributed by atoms with E-state index in [2.05, 4.69) is 31.0 Å². The Hall–Kier alpha value is -3.32. The van der Waals surface area contributed by atoms with Crippen LogP contribution in [0.15, 0.2) is 74.7 Å². The number of halogens is 1. The SMILES string of the molecule is COc1cc(Br)cc2cc(C(=O)N/N=C/c3ccc(C)n3-c3ccccc3)oc12. The second-order valence-electron chi connectivity index (χ2n) is 6.41. The Labute approximate surface area is 175 Å². The van der Waals surface area contributed by atoms with Gasteiger partial charge >= 0.3 is 5.91 Å². The smallest absolute Gasteiger partial charge is 0.307 e.